The molecule has 0 fully saturated rings. The molecular formula is C14H14F3N3S. The number of hydrogen-bond donors (Lipinski definition) is 2. The SMILES string of the molecule is Cc1c(C#N)[nH]c2ccc(NSCCCC(F)(F)F)cc12. The Kier molecular flexibility index (Phi) is 4.68. The van der Waals surface area contributed by atoms with Gasteiger partial charge in [-0.1, -0.05) is 11.9 Å². The second-order valence-electron chi connectivity index (χ2n) is 4.67. The summed E-state index contributed by atoms with van der Waals surface area (Å²) in [5.74, 6) is 0.382. The van der Waals surface area contributed by atoms with E-state index in [-0.39, 0.29) is 6.42 Å². The van der Waals surface area contributed by atoms with E-state index in [1.165, 1.54) is 11.9 Å². The lowest BCUT2D eigenvalue weighted by molar-refractivity contribution is -0.134. The van der Waals surface area contributed by atoms with Crippen LogP contribution in [0.1, 0.15) is 24.1 Å². The first-order valence-corrected chi connectivity index (χ1v) is 7.36. The molecule has 0 bridgehead atoms. The van der Waals surface area contributed by atoms with Gasteiger partial charge in [0.05, 0.1) is 0 Å². The Bertz CT molecular complexity index is 670. The molecule has 21 heavy (non-hydrogen) atoms. The lowest BCUT2D eigenvalue weighted by Gasteiger charge is -2.07. The molecule has 2 rings (SSSR count). The van der Waals surface area contributed by atoms with Crippen LogP contribution in [0.25, 0.3) is 10.9 Å². The average molecular weight is 313 g/mol. The molecule has 1 heterocycles. The van der Waals surface area contributed by atoms with Crippen molar-refractivity contribution >= 4 is 28.5 Å². The standard InChI is InChI=1S/C14H14F3N3S/c1-9-11-7-10(3-4-12(11)19-13(9)8-18)20-21-6-2-5-14(15,16)17/h3-4,7,19-20H,2,5-6H2,1H3. The highest BCUT2D eigenvalue weighted by atomic mass is 32.2. The maximum absolute atomic E-state index is 12.0. The maximum Gasteiger partial charge on any atom is 0.389 e. The van der Waals surface area contributed by atoms with Crippen LogP contribution < -0.4 is 4.72 Å². The largest absolute Gasteiger partial charge is 0.389 e. The van der Waals surface area contributed by atoms with Gasteiger partial charge < -0.3 is 9.71 Å². The number of benzene rings is 1. The Hall–Kier alpha value is -1.81. The molecule has 2 N–H and O–H groups in total. The van der Waals surface area contributed by atoms with E-state index >= 15 is 0 Å². The molecule has 0 aliphatic carbocycles. The number of hydrogen-bond acceptors (Lipinski definition) is 3. The molecule has 0 unspecified atom stereocenters. The summed E-state index contributed by atoms with van der Waals surface area (Å²) in [5, 5.41) is 9.90. The van der Waals surface area contributed by atoms with E-state index in [4.69, 9.17) is 5.26 Å². The highest BCUT2D eigenvalue weighted by molar-refractivity contribution is 8.00. The molecule has 0 amide bonds. The van der Waals surface area contributed by atoms with Crippen LogP contribution in [-0.4, -0.2) is 16.9 Å². The Morgan fingerprint density at radius 2 is 2.14 bits per heavy atom. The summed E-state index contributed by atoms with van der Waals surface area (Å²) in [4.78, 5) is 3.01. The quantitative estimate of drug-likeness (QED) is 0.618. The third kappa shape index (κ3) is 4.08. The van der Waals surface area contributed by atoms with Crippen LogP contribution in [-0.2, 0) is 0 Å². The van der Waals surface area contributed by atoms with Crippen molar-refractivity contribution in [2.75, 3.05) is 10.5 Å². The van der Waals surface area contributed by atoms with Crippen molar-refractivity contribution in [3.8, 4) is 6.07 Å². The topological polar surface area (TPSA) is 51.6 Å². The van der Waals surface area contributed by atoms with Gasteiger partial charge in [0.25, 0.3) is 0 Å². The summed E-state index contributed by atoms with van der Waals surface area (Å²) in [6, 6.07) is 7.66. The Balaban J connectivity index is 1.94. The molecular weight excluding hydrogens is 299 g/mol. The molecule has 0 aliphatic rings. The van der Waals surface area contributed by atoms with E-state index in [2.05, 4.69) is 15.8 Å². The van der Waals surface area contributed by atoms with Crippen LogP contribution in [0, 0.1) is 18.3 Å². The number of nitrogens with one attached hydrogen (secondary N) is 2. The van der Waals surface area contributed by atoms with Gasteiger partial charge in [0, 0.05) is 28.8 Å². The number of H-pyrrole nitrogens is 1. The van der Waals surface area contributed by atoms with Crippen LogP contribution in [0.4, 0.5) is 18.9 Å². The first-order valence-electron chi connectivity index (χ1n) is 6.37. The highest BCUT2D eigenvalue weighted by Crippen LogP contribution is 2.27. The molecule has 0 aliphatic heterocycles. The summed E-state index contributed by atoms with van der Waals surface area (Å²) in [6.45, 7) is 1.86. The van der Waals surface area contributed by atoms with Gasteiger partial charge in [0.2, 0.25) is 0 Å². The van der Waals surface area contributed by atoms with Crippen molar-refractivity contribution in [3.63, 3.8) is 0 Å². The fraction of sp³-hybridized carbons (Fsp3) is 0.357. The van der Waals surface area contributed by atoms with Gasteiger partial charge in [0.1, 0.15) is 11.8 Å². The van der Waals surface area contributed by atoms with E-state index in [0.717, 1.165) is 22.2 Å². The number of anilines is 1. The van der Waals surface area contributed by atoms with Gasteiger partial charge in [-0.3, -0.25) is 0 Å². The highest BCUT2D eigenvalue weighted by Gasteiger charge is 2.25. The molecule has 112 valence electrons. The van der Waals surface area contributed by atoms with Crippen LogP contribution in [0.5, 0.6) is 0 Å². The zero-order chi connectivity index (χ0) is 15.5. The van der Waals surface area contributed by atoms with E-state index in [1.54, 1.807) is 0 Å². The Morgan fingerprint density at radius 1 is 1.38 bits per heavy atom. The number of nitriles is 1. The van der Waals surface area contributed by atoms with Crippen molar-refractivity contribution in [3.05, 3.63) is 29.5 Å². The third-order valence-electron chi connectivity index (χ3n) is 3.07. The summed E-state index contributed by atoms with van der Waals surface area (Å²) in [5.41, 5.74) is 3.08. The Labute approximate surface area is 124 Å². The van der Waals surface area contributed by atoms with E-state index in [1.807, 2.05) is 25.1 Å². The van der Waals surface area contributed by atoms with Crippen LogP contribution in [0.2, 0.25) is 0 Å². The minimum Gasteiger partial charge on any atom is -0.346 e. The molecule has 7 heteroatoms. The molecule has 0 radical (unpaired) electrons. The smallest absolute Gasteiger partial charge is 0.346 e. The first kappa shape index (κ1) is 15.6. The summed E-state index contributed by atoms with van der Waals surface area (Å²) in [6.07, 6.45) is -4.76. The number of aromatic amines is 1. The monoisotopic (exact) mass is 313 g/mol. The fourth-order valence-electron chi connectivity index (χ4n) is 1.98. The molecule has 0 atom stereocenters. The average Bonchev–Trinajstić information content (AvgIpc) is 2.74. The predicted octanol–water partition coefficient (Wildman–Crippen LogP) is 4.75. The normalized spacial score (nSPS) is 11.6. The number of fused-ring (bicyclic) bond motifs is 1. The van der Waals surface area contributed by atoms with Gasteiger partial charge in [-0.15, -0.1) is 0 Å². The second kappa shape index (κ2) is 6.31. The second-order valence-corrected chi connectivity index (χ2v) is 5.57. The fourth-order valence-corrected chi connectivity index (χ4v) is 2.67. The number of aryl methyl sites for hydroxylation is 1. The maximum atomic E-state index is 12.0. The summed E-state index contributed by atoms with van der Waals surface area (Å²) >= 11 is 1.25. The summed E-state index contributed by atoms with van der Waals surface area (Å²) < 4.78 is 39.0. The lowest BCUT2D eigenvalue weighted by Crippen LogP contribution is -2.07. The minimum absolute atomic E-state index is 0.0885. The molecule has 0 spiro atoms. The predicted molar refractivity (Wildman–Crippen MR) is 79.1 cm³/mol. The van der Waals surface area contributed by atoms with Crippen molar-refractivity contribution in [1.82, 2.24) is 4.98 Å². The molecule has 2 aromatic rings. The van der Waals surface area contributed by atoms with Crippen molar-refractivity contribution in [2.45, 2.75) is 25.9 Å². The number of aromatic nitrogens is 1. The Morgan fingerprint density at radius 3 is 2.81 bits per heavy atom. The number of rotatable bonds is 5. The number of alkyl halides is 3. The van der Waals surface area contributed by atoms with Gasteiger partial charge in [0.15, 0.2) is 0 Å². The lowest BCUT2D eigenvalue weighted by atomic mass is 10.1. The minimum atomic E-state index is -4.09. The first-order chi connectivity index (χ1) is 9.90. The van der Waals surface area contributed by atoms with Crippen molar-refractivity contribution in [1.29, 1.82) is 5.26 Å². The van der Waals surface area contributed by atoms with Gasteiger partial charge in [-0.2, -0.15) is 18.4 Å². The molecule has 0 saturated carbocycles. The van der Waals surface area contributed by atoms with Crippen molar-refractivity contribution in [2.24, 2.45) is 0 Å². The summed E-state index contributed by atoms with van der Waals surface area (Å²) in [7, 11) is 0. The molecule has 1 aromatic heterocycles. The van der Waals surface area contributed by atoms with E-state index in [9.17, 15) is 13.2 Å². The van der Waals surface area contributed by atoms with Gasteiger partial charge in [-0.05, 0) is 37.1 Å². The molecule has 1 aromatic carbocycles. The zero-order valence-corrected chi connectivity index (χ0v) is 12.2. The zero-order valence-electron chi connectivity index (χ0n) is 11.3. The third-order valence-corrected chi connectivity index (χ3v) is 3.94. The molecule has 0 saturated heterocycles. The van der Waals surface area contributed by atoms with E-state index < -0.39 is 12.6 Å². The van der Waals surface area contributed by atoms with Gasteiger partial charge >= 0.3 is 6.18 Å². The molecule has 3 nitrogen and oxygen atoms in total. The van der Waals surface area contributed by atoms with Crippen LogP contribution in [0.15, 0.2) is 18.2 Å². The van der Waals surface area contributed by atoms with Crippen LogP contribution >= 0.6 is 11.9 Å². The number of nitrogens with zero attached hydrogens (tertiary/aromatic N) is 1. The van der Waals surface area contributed by atoms with Crippen molar-refractivity contribution < 1.29 is 13.2 Å². The van der Waals surface area contributed by atoms with E-state index in [0.29, 0.717) is 11.4 Å². The number of halogens is 3. The van der Waals surface area contributed by atoms with Gasteiger partial charge in [-0.25, -0.2) is 0 Å². The van der Waals surface area contributed by atoms with Crippen LogP contribution in [0.3, 0.4) is 0 Å².